The number of carbonyl (C=O) groups is 3. The lowest BCUT2D eigenvalue weighted by Crippen LogP contribution is -2.62. The Morgan fingerprint density at radius 1 is 1.10 bits per heavy atom. The Labute approximate surface area is 175 Å². The molecule has 3 N–H and O–H groups in total. The molecule has 2 heterocycles. The molecular formula is C22H40N4O3. The number of hydrogen-bond acceptors (Lipinski definition) is 4. The minimum Gasteiger partial charge on any atom is -0.370 e. The first-order valence-electron chi connectivity index (χ1n) is 11.3. The molecule has 0 aliphatic carbocycles. The second-order valence-electron chi connectivity index (χ2n) is 9.59. The first kappa shape index (κ1) is 23.6. The van der Waals surface area contributed by atoms with Gasteiger partial charge in [-0.05, 0) is 49.9 Å². The van der Waals surface area contributed by atoms with E-state index in [0.717, 1.165) is 32.2 Å². The van der Waals surface area contributed by atoms with Gasteiger partial charge in [-0.3, -0.25) is 14.4 Å². The number of primary amides is 1. The van der Waals surface area contributed by atoms with Gasteiger partial charge in [0.1, 0.15) is 6.04 Å². The topological polar surface area (TPSA) is 95.7 Å². The SMILES string of the molecule is CC(C)CC1NCCN(C(CC(C)C)C(=O)N2CCC(CCC(N)=O)CC2)C1=O. The van der Waals surface area contributed by atoms with Gasteiger partial charge in [-0.15, -0.1) is 0 Å². The Bertz CT molecular complexity index is 570. The number of piperidine rings is 1. The average Bonchev–Trinajstić information content (AvgIpc) is 2.66. The highest BCUT2D eigenvalue weighted by Crippen LogP contribution is 2.25. The molecule has 0 aromatic rings. The maximum atomic E-state index is 13.4. The van der Waals surface area contributed by atoms with E-state index in [1.165, 1.54) is 0 Å². The van der Waals surface area contributed by atoms with Crippen LogP contribution in [0.5, 0.6) is 0 Å². The van der Waals surface area contributed by atoms with E-state index in [1.807, 2.05) is 9.80 Å². The lowest BCUT2D eigenvalue weighted by Gasteiger charge is -2.42. The molecule has 166 valence electrons. The number of nitrogens with two attached hydrogens (primary N) is 1. The number of likely N-dealkylation sites (tertiary alicyclic amines) is 1. The minimum absolute atomic E-state index is 0.0697. The van der Waals surface area contributed by atoms with Crippen LogP contribution >= 0.6 is 0 Å². The number of rotatable bonds is 9. The largest absolute Gasteiger partial charge is 0.370 e. The van der Waals surface area contributed by atoms with E-state index in [4.69, 9.17) is 5.73 Å². The monoisotopic (exact) mass is 408 g/mol. The van der Waals surface area contributed by atoms with E-state index in [2.05, 4.69) is 33.0 Å². The fourth-order valence-electron chi connectivity index (χ4n) is 4.53. The zero-order valence-corrected chi connectivity index (χ0v) is 18.7. The molecule has 2 rings (SSSR count). The second kappa shape index (κ2) is 11.0. The number of piperazine rings is 1. The highest BCUT2D eigenvalue weighted by atomic mass is 16.2. The van der Waals surface area contributed by atoms with Crippen molar-refractivity contribution in [2.75, 3.05) is 26.2 Å². The highest BCUT2D eigenvalue weighted by molar-refractivity contribution is 5.90. The van der Waals surface area contributed by atoms with E-state index < -0.39 is 0 Å². The third kappa shape index (κ3) is 6.98. The summed E-state index contributed by atoms with van der Waals surface area (Å²) in [5.74, 6) is 1.12. The van der Waals surface area contributed by atoms with Crippen LogP contribution in [0.25, 0.3) is 0 Å². The molecule has 2 aliphatic rings. The van der Waals surface area contributed by atoms with Crippen molar-refractivity contribution < 1.29 is 14.4 Å². The van der Waals surface area contributed by atoms with Crippen molar-refractivity contribution in [3.63, 3.8) is 0 Å². The number of nitrogens with zero attached hydrogens (tertiary/aromatic N) is 2. The van der Waals surface area contributed by atoms with E-state index in [1.54, 1.807) is 0 Å². The van der Waals surface area contributed by atoms with E-state index >= 15 is 0 Å². The summed E-state index contributed by atoms with van der Waals surface area (Å²) in [5.41, 5.74) is 5.26. The molecule has 0 radical (unpaired) electrons. The van der Waals surface area contributed by atoms with E-state index in [9.17, 15) is 14.4 Å². The third-order valence-corrected chi connectivity index (χ3v) is 6.11. The van der Waals surface area contributed by atoms with Crippen LogP contribution < -0.4 is 11.1 Å². The maximum Gasteiger partial charge on any atom is 0.245 e. The van der Waals surface area contributed by atoms with Crippen LogP contribution in [-0.2, 0) is 14.4 Å². The molecule has 29 heavy (non-hydrogen) atoms. The number of nitrogens with one attached hydrogen (secondary N) is 1. The number of hydrogen-bond donors (Lipinski definition) is 2. The van der Waals surface area contributed by atoms with Gasteiger partial charge in [0.2, 0.25) is 17.7 Å². The smallest absolute Gasteiger partial charge is 0.245 e. The molecule has 0 spiro atoms. The third-order valence-electron chi connectivity index (χ3n) is 6.11. The molecule has 2 saturated heterocycles. The summed E-state index contributed by atoms with van der Waals surface area (Å²) in [6.45, 7) is 11.2. The Kier molecular flexibility index (Phi) is 8.93. The molecule has 0 aromatic carbocycles. The first-order valence-corrected chi connectivity index (χ1v) is 11.3. The molecule has 0 saturated carbocycles. The van der Waals surface area contributed by atoms with Crippen molar-refractivity contribution >= 4 is 17.7 Å². The Hall–Kier alpha value is -1.63. The van der Waals surface area contributed by atoms with Crippen LogP contribution in [0.2, 0.25) is 0 Å². The Morgan fingerprint density at radius 2 is 1.76 bits per heavy atom. The highest BCUT2D eigenvalue weighted by Gasteiger charge is 2.39. The van der Waals surface area contributed by atoms with Gasteiger partial charge in [0.15, 0.2) is 0 Å². The van der Waals surface area contributed by atoms with Crippen LogP contribution in [0, 0.1) is 17.8 Å². The van der Waals surface area contributed by atoms with Gasteiger partial charge in [-0.25, -0.2) is 0 Å². The lowest BCUT2D eigenvalue weighted by molar-refractivity contribution is -0.150. The van der Waals surface area contributed by atoms with Gasteiger partial charge < -0.3 is 20.9 Å². The van der Waals surface area contributed by atoms with Crippen molar-refractivity contribution in [1.82, 2.24) is 15.1 Å². The van der Waals surface area contributed by atoms with E-state index in [0.29, 0.717) is 50.2 Å². The van der Waals surface area contributed by atoms with Crippen LogP contribution in [0.4, 0.5) is 0 Å². The average molecular weight is 409 g/mol. The minimum atomic E-state index is -0.374. The summed E-state index contributed by atoms with van der Waals surface area (Å²) in [6.07, 6.45) is 4.52. The molecule has 2 aliphatic heterocycles. The number of carbonyl (C=O) groups excluding carboxylic acids is 3. The van der Waals surface area contributed by atoms with E-state index in [-0.39, 0.29) is 29.8 Å². The molecule has 7 nitrogen and oxygen atoms in total. The Morgan fingerprint density at radius 3 is 2.31 bits per heavy atom. The van der Waals surface area contributed by atoms with Crippen molar-refractivity contribution in [2.24, 2.45) is 23.5 Å². The fourth-order valence-corrected chi connectivity index (χ4v) is 4.53. The van der Waals surface area contributed by atoms with Gasteiger partial charge in [0.25, 0.3) is 0 Å². The zero-order chi connectivity index (χ0) is 21.6. The van der Waals surface area contributed by atoms with Crippen LogP contribution in [-0.4, -0.2) is 65.8 Å². The maximum absolute atomic E-state index is 13.4. The quantitative estimate of drug-likeness (QED) is 0.607. The van der Waals surface area contributed by atoms with Crippen molar-refractivity contribution in [2.45, 2.75) is 78.3 Å². The summed E-state index contributed by atoms with van der Waals surface area (Å²) in [4.78, 5) is 41.3. The van der Waals surface area contributed by atoms with Gasteiger partial charge in [-0.2, -0.15) is 0 Å². The zero-order valence-electron chi connectivity index (χ0n) is 18.7. The fraction of sp³-hybridized carbons (Fsp3) is 0.864. The van der Waals surface area contributed by atoms with Gasteiger partial charge >= 0.3 is 0 Å². The molecule has 3 amide bonds. The summed E-state index contributed by atoms with van der Waals surface area (Å²) in [6, 6.07) is -0.563. The standard InChI is InChI=1S/C22H40N4O3/c1-15(2)13-18-21(28)26(12-9-24-18)19(14-16(3)4)22(29)25-10-7-17(8-11-25)5-6-20(23)27/h15-19,24H,5-14H2,1-4H3,(H2,23,27). The Balaban J connectivity index is 2.03. The normalized spacial score (nSPS) is 22.4. The summed E-state index contributed by atoms with van der Waals surface area (Å²) >= 11 is 0. The molecule has 2 unspecified atom stereocenters. The summed E-state index contributed by atoms with van der Waals surface area (Å²) in [5, 5.41) is 3.33. The predicted octanol–water partition coefficient (Wildman–Crippen LogP) is 1.75. The van der Waals surface area contributed by atoms with Gasteiger partial charge in [0, 0.05) is 32.6 Å². The molecule has 0 bridgehead atoms. The molecule has 2 fully saturated rings. The van der Waals surface area contributed by atoms with Crippen molar-refractivity contribution in [1.29, 1.82) is 0 Å². The number of amides is 3. The van der Waals surface area contributed by atoms with Crippen LogP contribution in [0.15, 0.2) is 0 Å². The summed E-state index contributed by atoms with van der Waals surface area (Å²) in [7, 11) is 0. The molecule has 7 heteroatoms. The molecule has 0 aromatic heterocycles. The van der Waals surface area contributed by atoms with Gasteiger partial charge in [-0.1, -0.05) is 27.7 Å². The predicted molar refractivity (Wildman–Crippen MR) is 114 cm³/mol. The lowest BCUT2D eigenvalue weighted by atomic mass is 9.91. The molecule has 2 atom stereocenters. The molecular weight excluding hydrogens is 368 g/mol. The van der Waals surface area contributed by atoms with Crippen LogP contribution in [0.3, 0.4) is 0 Å². The first-order chi connectivity index (χ1) is 13.7. The van der Waals surface area contributed by atoms with Crippen molar-refractivity contribution in [3.05, 3.63) is 0 Å². The van der Waals surface area contributed by atoms with Crippen LogP contribution in [0.1, 0.15) is 66.2 Å². The second-order valence-corrected chi connectivity index (χ2v) is 9.59. The van der Waals surface area contributed by atoms with Gasteiger partial charge in [0.05, 0.1) is 6.04 Å². The van der Waals surface area contributed by atoms with Crippen molar-refractivity contribution in [3.8, 4) is 0 Å². The summed E-state index contributed by atoms with van der Waals surface area (Å²) < 4.78 is 0.